The molecule has 1 saturated carbocycles. The Morgan fingerprint density at radius 1 is 1.06 bits per heavy atom. The van der Waals surface area contributed by atoms with Gasteiger partial charge in [0.15, 0.2) is 0 Å². The van der Waals surface area contributed by atoms with Gasteiger partial charge in [0, 0.05) is 30.9 Å². The van der Waals surface area contributed by atoms with Crippen LogP contribution in [0, 0.1) is 11.3 Å². The summed E-state index contributed by atoms with van der Waals surface area (Å²) < 4.78 is 3.52. The summed E-state index contributed by atoms with van der Waals surface area (Å²) in [6.45, 7) is 2.07. The fourth-order valence-electron chi connectivity index (χ4n) is 5.19. The normalized spacial score (nSPS) is 14.3. The minimum atomic E-state index is -0.0951. The standard InChI is InChI=1S/C28H27N5O2/c1-2-7-26-24(16-20-10-6-11-23(25(20)17-29)19-8-4-3-5-9-19)27(35)32(28-30-18-31-33(26)28)21-12-14-22(34)15-13-21/h3-6,8-11,18,21H,2,7,12-16H2,1H3. The van der Waals surface area contributed by atoms with Crippen LogP contribution in [-0.4, -0.2) is 24.9 Å². The minimum Gasteiger partial charge on any atom is -0.300 e. The molecule has 5 rings (SSSR count). The first kappa shape index (κ1) is 22.7. The van der Waals surface area contributed by atoms with Crippen molar-refractivity contribution in [2.75, 3.05) is 0 Å². The van der Waals surface area contributed by atoms with Gasteiger partial charge in [0.2, 0.25) is 5.78 Å². The smallest absolute Gasteiger partial charge is 0.259 e. The van der Waals surface area contributed by atoms with Crippen LogP contribution in [-0.2, 0) is 17.6 Å². The zero-order chi connectivity index (χ0) is 24.4. The molecule has 0 atom stereocenters. The number of carbonyl (C=O) groups excluding carboxylic acids is 1. The summed E-state index contributed by atoms with van der Waals surface area (Å²) in [5.74, 6) is 0.770. The van der Waals surface area contributed by atoms with Gasteiger partial charge < -0.3 is 0 Å². The molecule has 2 aromatic heterocycles. The molecule has 2 aromatic carbocycles. The average Bonchev–Trinajstić information content (AvgIpc) is 3.37. The van der Waals surface area contributed by atoms with Crippen molar-refractivity contribution >= 4 is 11.6 Å². The van der Waals surface area contributed by atoms with Crippen molar-refractivity contribution in [1.82, 2.24) is 19.2 Å². The SMILES string of the molecule is CCCc1c(Cc2cccc(-c3ccccc3)c2C#N)c(=O)n(C2CCC(=O)CC2)c2ncnn12. The van der Waals surface area contributed by atoms with E-state index in [0.29, 0.717) is 55.4 Å². The van der Waals surface area contributed by atoms with Gasteiger partial charge in [0.1, 0.15) is 18.2 Å². The number of carbonyl (C=O) groups is 1. The highest BCUT2D eigenvalue weighted by molar-refractivity contribution is 5.79. The van der Waals surface area contributed by atoms with Crippen LogP contribution in [0.2, 0.25) is 0 Å². The largest absolute Gasteiger partial charge is 0.300 e. The van der Waals surface area contributed by atoms with E-state index < -0.39 is 0 Å². The Kier molecular flexibility index (Phi) is 6.28. The molecule has 1 aliphatic rings. The topological polar surface area (TPSA) is 93.0 Å². The Bertz CT molecular complexity index is 1480. The number of fused-ring (bicyclic) bond motifs is 1. The molecule has 0 bridgehead atoms. The number of ketones is 1. The number of rotatable bonds is 6. The van der Waals surface area contributed by atoms with E-state index >= 15 is 0 Å². The Hall–Kier alpha value is -4.05. The number of nitrogens with zero attached hydrogens (tertiary/aromatic N) is 5. The van der Waals surface area contributed by atoms with E-state index in [4.69, 9.17) is 0 Å². The lowest BCUT2D eigenvalue weighted by atomic mass is 9.91. The van der Waals surface area contributed by atoms with Crippen molar-refractivity contribution in [3.05, 3.63) is 87.6 Å². The fourth-order valence-corrected chi connectivity index (χ4v) is 5.19. The van der Waals surface area contributed by atoms with Crippen LogP contribution in [0.15, 0.2) is 59.7 Å². The molecule has 0 saturated heterocycles. The summed E-state index contributed by atoms with van der Waals surface area (Å²) in [4.78, 5) is 30.3. The molecule has 35 heavy (non-hydrogen) atoms. The Morgan fingerprint density at radius 3 is 2.54 bits per heavy atom. The Morgan fingerprint density at radius 2 is 1.83 bits per heavy atom. The van der Waals surface area contributed by atoms with Gasteiger partial charge in [0.05, 0.1) is 11.3 Å². The molecular weight excluding hydrogens is 438 g/mol. The Balaban J connectivity index is 1.68. The van der Waals surface area contributed by atoms with Gasteiger partial charge in [-0.2, -0.15) is 15.3 Å². The second kappa shape index (κ2) is 9.67. The summed E-state index contributed by atoms with van der Waals surface area (Å²) in [6.07, 6.45) is 5.54. The van der Waals surface area contributed by atoms with Gasteiger partial charge in [0.25, 0.3) is 5.56 Å². The molecule has 0 N–H and O–H groups in total. The molecule has 0 radical (unpaired) electrons. The third-order valence-corrected chi connectivity index (χ3v) is 6.91. The van der Waals surface area contributed by atoms with E-state index in [-0.39, 0.29) is 17.4 Å². The lowest BCUT2D eigenvalue weighted by Crippen LogP contribution is -2.34. The molecule has 176 valence electrons. The first-order valence-corrected chi connectivity index (χ1v) is 12.2. The number of hydrogen-bond acceptors (Lipinski definition) is 5. The quantitative estimate of drug-likeness (QED) is 0.413. The zero-order valence-corrected chi connectivity index (χ0v) is 19.8. The summed E-state index contributed by atoms with van der Waals surface area (Å²) in [6, 6.07) is 17.9. The van der Waals surface area contributed by atoms with E-state index in [2.05, 4.69) is 23.1 Å². The van der Waals surface area contributed by atoms with Crippen LogP contribution in [0.4, 0.5) is 0 Å². The molecule has 0 amide bonds. The van der Waals surface area contributed by atoms with Gasteiger partial charge in [-0.25, -0.2) is 4.52 Å². The molecule has 0 spiro atoms. The fraction of sp³-hybridized carbons (Fsp3) is 0.321. The second-order valence-corrected chi connectivity index (χ2v) is 9.09. The second-order valence-electron chi connectivity index (χ2n) is 9.09. The van der Waals surface area contributed by atoms with Crippen LogP contribution in [0.5, 0.6) is 0 Å². The number of aromatic nitrogens is 4. The molecule has 1 aliphatic carbocycles. The first-order chi connectivity index (χ1) is 17.1. The molecule has 0 unspecified atom stereocenters. The van der Waals surface area contributed by atoms with Crippen molar-refractivity contribution in [2.45, 2.75) is 57.9 Å². The van der Waals surface area contributed by atoms with Gasteiger partial charge in [-0.15, -0.1) is 0 Å². The molecule has 2 heterocycles. The van der Waals surface area contributed by atoms with E-state index in [9.17, 15) is 14.9 Å². The highest BCUT2D eigenvalue weighted by Crippen LogP contribution is 2.30. The van der Waals surface area contributed by atoms with Crippen molar-refractivity contribution in [1.29, 1.82) is 5.26 Å². The monoisotopic (exact) mass is 465 g/mol. The number of aryl methyl sites for hydroxylation is 1. The van der Waals surface area contributed by atoms with Crippen LogP contribution in [0.3, 0.4) is 0 Å². The summed E-state index contributed by atoms with van der Waals surface area (Å²) in [5.41, 5.74) is 4.60. The number of hydrogen-bond donors (Lipinski definition) is 0. The van der Waals surface area contributed by atoms with Crippen LogP contribution in [0.1, 0.15) is 67.5 Å². The highest BCUT2D eigenvalue weighted by Gasteiger charge is 2.27. The molecule has 7 nitrogen and oxygen atoms in total. The maximum Gasteiger partial charge on any atom is 0.259 e. The zero-order valence-electron chi connectivity index (χ0n) is 19.8. The van der Waals surface area contributed by atoms with Crippen LogP contribution >= 0.6 is 0 Å². The average molecular weight is 466 g/mol. The molecular formula is C28H27N5O2. The maximum atomic E-state index is 14.0. The van der Waals surface area contributed by atoms with Gasteiger partial charge in [-0.1, -0.05) is 61.9 Å². The third-order valence-electron chi connectivity index (χ3n) is 6.91. The number of benzene rings is 2. The van der Waals surface area contributed by atoms with E-state index in [1.165, 1.54) is 6.33 Å². The molecule has 0 aliphatic heterocycles. The van der Waals surface area contributed by atoms with Crippen LogP contribution < -0.4 is 5.56 Å². The number of nitriles is 1. The van der Waals surface area contributed by atoms with E-state index in [1.807, 2.05) is 48.5 Å². The summed E-state index contributed by atoms with van der Waals surface area (Å²) in [5, 5.41) is 14.6. The first-order valence-electron chi connectivity index (χ1n) is 12.2. The summed E-state index contributed by atoms with van der Waals surface area (Å²) in [7, 11) is 0. The van der Waals surface area contributed by atoms with E-state index in [0.717, 1.165) is 28.8 Å². The Labute approximate surface area is 203 Å². The molecule has 7 heteroatoms. The predicted octanol–water partition coefficient (Wildman–Crippen LogP) is 4.66. The highest BCUT2D eigenvalue weighted by atomic mass is 16.1. The summed E-state index contributed by atoms with van der Waals surface area (Å²) >= 11 is 0. The number of Topliss-reactive ketones (excluding diaryl/α,β-unsaturated/α-hetero) is 1. The van der Waals surface area contributed by atoms with Crippen LogP contribution in [0.25, 0.3) is 16.9 Å². The van der Waals surface area contributed by atoms with Crippen molar-refractivity contribution in [2.24, 2.45) is 0 Å². The van der Waals surface area contributed by atoms with Crippen molar-refractivity contribution in [3.8, 4) is 17.2 Å². The van der Waals surface area contributed by atoms with Gasteiger partial charge >= 0.3 is 0 Å². The van der Waals surface area contributed by atoms with Crippen molar-refractivity contribution < 1.29 is 4.79 Å². The minimum absolute atomic E-state index is 0.0904. The van der Waals surface area contributed by atoms with E-state index in [1.54, 1.807) is 9.08 Å². The lowest BCUT2D eigenvalue weighted by Gasteiger charge is -2.25. The van der Waals surface area contributed by atoms with Gasteiger partial charge in [-0.3, -0.25) is 14.2 Å². The predicted molar refractivity (Wildman–Crippen MR) is 133 cm³/mol. The van der Waals surface area contributed by atoms with Gasteiger partial charge in [-0.05, 0) is 36.0 Å². The lowest BCUT2D eigenvalue weighted by molar-refractivity contribution is -0.120. The molecule has 1 fully saturated rings. The van der Waals surface area contributed by atoms with Crippen molar-refractivity contribution in [3.63, 3.8) is 0 Å². The third kappa shape index (κ3) is 4.17. The molecule has 4 aromatic rings. The maximum absolute atomic E-state index is 14.0.